The number of non-ortho nitro benzene ring substituents is 1. The molecule has 4 rings (SSSR count). The average molecular weight is 555 g/mol. The molecule has 0 aromatic heterocycles. The van der Waals surface area contributed by atoms with Crippen LogP contribution in [0.1, 0.15) is 16.7 Å². The largest absolute Gasteiger partial charge is 0.493 e. The molecule has 1 heterocycles. The van der Waals surface area contributed by atoms with Crippen molar-refractivity contribution in [3.05, 3.63) is 103 Å². The molecule has 1 saturated heterocycles. The lowest BCUT2D eigenvalue weighted by Crippen LogP contribution is -2.27. The molecule has 0 spiro atoms. The van der Waals surface area contributed by atoms with Gasteiger partial charge in [-0.25, -0.2) is 0 Å². The Morgan fingerprint density at radius 1 is 1.00 bits per heavy atom. The molecule has 0 radical (unpaired) electrons. The molecule has 8 nitrogen and oxygen atoms in total. The molecule has 2 amide bonds. The lowest BCUT2D eigenvalue weighted by atomic mass is 10.1. The molecule has 178 valence electrons. The van der Waals surface area contributed by atoms with Crippen LogP contribution in [0, 0.1) is 10.1 Å². The van der Waals surface area contributed by atoms with E-state index in [-0.39, 0.29) is 30.0 Å². The highest BCUT2D eigenvalue weighted by atomic mass is 79.9. The minimum absolute atomic E-state index is 0.00223. The van der Waals surface area contributed by atoms with Gasteiger partial charge in [-0.15, -0.1) is 0 Å². The van der Waals surface area contributed by atoms with Crippen molar-refractivity contribution in [2.45, 2.75) is 13.2 Å². The van der Waals surface area contributed by atoms with E-state index in [0.717, 1.165) is 27.4 Å². The molecule has 0 N–H and O–H groups in total. The zero-order valence-corrected chi connectivity index (χ0v) is 20.9. The molecule has 10 heteroatoms. The molecule has 1 aliphatic heterocycles. The number of hydrogen-bond donors (Lipinski definition) is 0. The van der Waals surface area contributed by atoms with Crippen LogP contribution in [-0.2, 0) is 17.9 Å². The number of carbonyl (C=O) groups is 2. The van der Waals surface area contributed by atoms with Gasteiger partial charge in [0.25, 0.3) is 16.8 Å². The summed E-state index contributed by atoms with van der Waals surface area (Å²) in [5, 5.41) is 10.5. The van der Waals surface area contributed by atoms with E-state index in [1.54, 1.807) is 36.4 Å². The summed E-state index contributed by atoms with van der Waals surface area (Å²) in [6.07, 6.45) is 1.64. The number of benzene rings is 3. The predicted molar refractivity (Wildman–Crippen MR) is 136 cm³/mol. The molecule has 1 aliphatic rings. The van der Waals surface area contributed by atoms with Crippen LogP contribution < -0.4 is 9.47 Å². The maximum absolute atomic E-state index is 12.9. The first-order valence-corrected chi connectivity index (χ1v) is 12.0. The Morgan fingerprint density at radius 2 is 1.69 bits per heavy atom. The van der Waals surface area contributed by atoms with Crippen LogP contribution >= 0.6 is 27.7 Å². The van der Waals surface area contributed by atoms with Crippen molar-refractivity contribution in [1.82, 2.24) is 4.90 Å². The van der Waals surface area contributed by atoms with Crippen molar-refractivity contribution in [3.8, 4) is 11.5 Å². The molecule has 0 saturated carbocycles. The van der Waals surface area contributed by atoms with Gasteiger partial charge in [-0.1, -0.05) is 34.1 Å². The Kier molecular flexibility index (Phi) is 7.52. The maximum atomic E-state index is 12.9. The Balaban J connectivity index is 1.49. The van der Waals surface area contributed by atoms with E-state index in [0.29, 0.717) is 22.0 Å². The van der Waals surface area contributed by atoms with Crippen molar-refractivity contribution in [2.75, 3.05) is 7.11 Å². The zero-order chi connectivity index (χ0) is 24.9. The fourth-order valence-corrected chi connectivity index (χ4v) is 4.43. The van der Waals surface area contributed by atoms with Gasteiger partial charge in [0.05, 0.1) is 23.5 Å². The summed E-state index contributed by atoms with van der Waals surface area (Å²) in [6.45, 7) is 0.364. The second-order valence-electron chi connectivity index (χ2n) is 7.52. The number of imide groups is 1. The van der Waals surface area contributed by atoms with Gasteiger partial charge < -0.3 is 9.47 Å². The summed E-state index contributed by atoms with van der Waals surface area (Å²) in [5.74, 6) is 0.577. The summed E-state index contributed by atoms with van der Waals surface area (Å²) in [5.41, 5.74) is 2.27. The fraction of sp³-hybridized carbons (Fsp3) is 0.120. The highest BCUT2D eigenvalue weighted by Gasteiger charge is 2.35. The second-order valence-corrected chi connectivity index (χ2v) is 9.43. The molecule has 0 unspecified atom stereocenters. The van der Waals surface area contributed by atoms with E-state index in [1.807, 2.05) is 24.3 Å². The van der Waals surface area contributed by atoms with E-state index in [9.17, 15) is 19.7 Å². The first-order chi connectivity index (χ1) is 16.8. The highest BCUT2D eigenvalue weighted by Crippen LogP contribution is 2.35. The van der Waals surface area contributed by atoms with Crippen LogP contribution in [0.15, 0.2) is 76.1 Å². The topological polar surface area (TPSA) is 99.0 Å². The summed E-state index contributed by atoms with van der Waals surface area (Å²) in [4.78, 5) is 37.3. The number of nitro groups is 1. The highest BCUT2D eigenvalue weighted by molar-refractivity contribution is 9.10. The molecule has 35 heavy (non-hydrogen) atoms. The monoisotopic (exact) mass is 554 g/mol. The van der Waals surface area contributed by atoms with Gasteiger partial charge in [-0.2, -0.15) is 0 Å². The Labute approximate surface area is 213 Å². The number of methoxy groups -OCH3 is 1. The third-order valence-electron chi connectivity index (χ3n) is 5.15. The van der Waals surface area contributed by atoms with Crippen molar-refractivity contribution in [1.29, 1.82) is 0 Å². The first kappa shape index (κ1) is 24.5. The summed E-state index contributed by atoms with van der Waals surface area (Å²) >= 11 is 4.26. The van der Waals surface area contributed by atoms with Gasteiger partial charge in [-0.3, -0.25) is 24.6 Å². The lowest BCUT2D eigenvalue weighted by Gasteiger charge is -2.13. The van der Waals surface area contributed by atoms with Crippen molar-refractivity contribution in [3.63, 3.8) is 0 Å². The van der Waals surface area contributed by atoms with Crippen LogP contribution in [-0.4, -0.2) is 28.1 Å². The van der Waals surface area contributed by atoms with E-state index in [2.05, 4.69) is 15.9 Å². The Bertz CT molecular complexity index is 1310. The number of rotatable bonds is 8. The summed E-state index contributed by atoms with van der Waals surface area (Å²) in [7, 11) is 1.52. The van der Waals surface area contributed by atoms with E-state index in [1.165, 1.54) is 24.1 Å². The minimum atomic E-state index is -0.461. The number of amides is 2. The SMILES string of the molecule is COc1ccc(/C=C2\SC(=O)N(Cc3ccc(Br)cc3)C2=O)cc1OCc1ccc([N+](=O)[O-])cc1. The smallest absolute Gasteiger partial charge is 0.293 e. The standard InChI is InChI=1S/C25H19BrN2O6S/c1-33-21-11-6-18(12-22(21)34-15-17-4-9-20(10-5-17)28(31)32)13-23-24(29)27(25(30)35-23)14-16-2-7-19(26)8-3-16/h2-13H,14-15H2,1H3/b23-13-. The quantitative estimate of drug-likeness (QED) is 0.186. The minimum Gasteiger partial charge on any atom is -0.493 e. The maximum Gasteiger partial charge on any atom is 0.293 e. The van der Waals surface area contributed by atoms with Crippen LogP contribution in [0.5, 0.6) is 11.5 Å². The number of halogens is 1. The molecular weight excluding hydrogens is 536 g/mol. The number of nitrogens with zero attached hydrogens (tertiary/aromatic N) is 2. The number of carbonyl (C=O) groups excluding carboxylic acids is 2. The molecule has 1 fully saturated rings. The van der Waals surface area contributed by atoms with Gasteiger partial charge >= 0.3 is 0 Å². The third-order valence-corrected chi connectivity index (χ3v) is 6.59. The molecular formula is C25H19BrN2O6S. The van der Waals surface area contributed by atoms with Gasteiger partial charge in [-0.05, 0) is 70.9 Å². The Morgan fingerprint density at radius 3 is 2.34 bits per heavy atom. The Hall–Kier alpha value is -3.63. The van der Waals surface area contributed by atoms with Crippen LogP contribution in [0.25, 0.3) is 6.08 Å². The first-order valence-electron chi connectivity index (χ1n) is 10.4. The van der Waals surface area contributed by atoms with Crippen LogP contribution in [0.3, 0.4) is 0 Å². The van der Waals surface area contributed by atoms with Crippen molar-refractivity contribution in [2.24, 2.45) is 0 Å². The predicted octanol–water partition coefficient (Wildman–Crippen LogP) is 6.18. The van der Waals surface area contributed by atoms with Gasteiger partial charge in [0.1, 0.15) is 6.61 Å². The van der Waals surface area contributed by atoms with Gasteiger partial charge in [0.2, 0.25) is 0 Å². The molecule has 0 aliphatic carbocycles. The van der Waals surface area contributed by atoms with E-state index < -0.39 is 4.92 Å². The number of ether oxygens (including phenoxy) is 2. The number of nitro benzene ring substituents is 1. The van der Waals surface area contributed by atoms with Crippen LogP contribution in [0.2, 0.25) is 0 Å². The van der Waals surface area contributed by atoms with E-state index in [4.69, 9.17) is 9.47 Å². The molecule has 0 bridgehead atoms. The number of hydrogen-bond acceptors (Lipinski definition) is 7. The molecule has 3 aromatic carbocycles. The third kappa shape index (κ3) is 5.90. The van der Waals surface area contributed by atoms with Crippen LogP contribution in [0.4, 0.5) is 10.5 Å². The van der Waals surface area contributed by atoms with Crippen molar-refractivity contribution >= 4 is 50.6 Å². The van der Waals surface area contributed by atoms with Gasteiger partial charge in [0, 0.05) is 16.6 Å². The average Bonchev–Trinajstić information content (AvgIpc) is 3.11. The fourth-order valence-electron chi connectivity index (χ4n) is 3.33. The summed E-state index contributed by atoms with van der Waals surface area (Å²) < 4.78 is 12.2. The zero-order valence-electron chi connectivity index (χ0n) is 18.5. The second kappa shape index (κ2) is 10.7. The molecule has 0 atom stereocenters. The van der Waals surface area contributed by atoms with Gasteiger partial charge in [0.15, 0.2) is 11.5 Å². The molecule has 3 aromatic rings. The summed E-state index contributed by atoms with van der Waals surface area (Å²) in [6, 6.07) is 18.7. The lowest BCUT2D eigenvalue weighted by molar-refractivity contribution is -0.384. The normalized spacial score (nSPS) is 14.5. The van der Waals surface area contributed by atoms with E-state index >= 15 is 0 Å². The number of thioether (sulfide) groups is 1. The van der Waals surface area contributed by atoms with Crippen molar-refractivity contribution < 1.29 is 24.0 Å².